The van der Waals surface area contributed by atoms with E-state index in [-0.39, 0.29) is 23.6 Å². The van der Waals surface area contributed by atoms with Crippen LogP contribution in [-0.2, 0) is 15.4 Å². The molecule has 9 nitrogen and oxygen atoms in total. The lowest BCUT2D eigenvalue weighted by Gasteiger charge is -2.25. The van der Waals surface area contributed by atoms with Gasteiger partial charge < -0.3 is 9.42 Å². The Kier molecular flexibility index (Phi) is 4.94. The summed E-state index contributed by atoms with van der Waals surface area (Å²) in [6, 6.07) is 3.38. The Hall–Kier alpha value is -2.33. The third kappa shape index (κ3) is 3.66. The second-order valence-electron chi connectivity index (χ2n) is 8.03. The predicted octanol–water partition coefficient (Wildman–Crippen LogP) is 1.19. The van der Waals surface area contributed by atoms with Crippen LogP contribution in [0.2, 0.25) is 0 Å². The third-order valence-electron chi connectivity index (χ3n) is 6.00. The van der Waals surface area contributed by atoms with E-state index in [1.165, 1.54) is 0 Å². The molecule has 2 aromatic rings. The number of sulfonamides is 1. The molecule has 1 amide bonds. The quantitative estimate of drug-likeness (QED) is 0.773. The van der Waals surface area contributed by atoms with Gasteiger partial charge in [-0.2, -0.15) is 4.98 Å². The molecule has 1 saturated heterocycles. The highest BCUT2D eigenvalue weighted by Crippen LogP contribution is 2.50. The number of fused-ring (bicyclic) bond motifs is 1. The highest BCUT2D eigenvalue weighted by molar-refractivity contribution is 7.89. The van der Waals surface area contributed by atoms with Crippen molar-refractivity contribution in [3.8, 4) is 0 Å². The van der Waals surface area contributed by atoms with Crippen LogP contribution in [0.1, 0.15) is 47.5 Å². The molecule has 3 heterocycles. The van der Waals surface area contributed by atoms with Crippen LogP contribution in [0.25, 0.3) is 0 Å². The summed E-state index contributed by atoms with van der Waals surface area (Å²) in [6.07, 6.45) is 2.73. The highest BCUT2D eigenvalue weighted by atomic mass is 32.2. The van der Waals surface area contributed by atoms with E-state index in [1.54, 1.807) is 31.0 Å². The topological polar surface area (TPSA) is 118 Å². The maximum atomic E-state index is 13.0. The maximum Gasteiger partial charge on any atom is 0.255 e. The number of nitrogens with zero attached hydrogens (tertiary/aromatic N) is 4. The molecule has 2 aliphatic rings. The number of hydrogen-bond donors (Lipinski definition) is 1. The summed E-state index contributed by atoms with van der Waals surface area (Å²) >= 11 is 0. The molecule has 4 rings (SSSR count). The number of aryl methyl sites for hydroxylation is 2. The van der Waals surface area contributed by atoms with Crippen molar-refractivity contribution in [2.24, 2.45) is 5.92 Å². The molecule has 2 aromatic heterocycles. The van der Waals surface area contributed by atoms with Crippen LogP contribution < -0.4 is 4.72 Å². The normalized spacial score (nSPS) is 26.7. The van der Waals surface area contributed by atoms with E-state index in [9.17, 15) is 13.2 Å². The zero-order valence-electron chi connectivity index (χ0n) is 16.8. The SMILES string of the molecule is CCS(=O)(=O)N[C@@H]1C[C@H]2CN(C(=O)c3ccc(C)nc3)C[C@@]2(c2nc(C)no2)C1. The summed E-state index contributed by atoms with van der Waals surface area (Å²) in [5, 5.41) is 3.93. The number of hydrogen-bond acceptors (Lipinski definition) is 7. The predicted molar refractivity (Wildman–Crippen MR) is 105 cm³/mol. The van der Waals surface area contributed by atoms with E-state index in [2.05, 4.69) is 19.8 Å². The van der Waals surface area contributed by atoms with Crippen LogP contribution in [0.3, 0.4) is 0 Å². The van der Waals surface area contributed by atoms with Crippen LogP contribution in [0, 0.1) is 19.8 Å². The van der Waals surface area contributed by atoms with E-state index >= 15 is 0 Å². The van der Waals surface area contributed by atoms with Gasteiger partial charge in [0, 0.05) is 31.0 Å². The molecule has 10 heteroatoms. The van der Waals surface area contributed by atoms with Gasteiger partial charge in [-0.3, -0.25) is 9.78 Å². The first-order valence-electron chi connectivity index (χ1n) is 9.75. The van der Waals surface area contributed by atoms with E-state index in [1.807, 2.05) is 13.0 Å². The van der Waals surface area contributed by atoms with Gasteiger partial charge in [0.25, 0.3) is 5.91 Å². The smallest absolute Gasteiger partial charge is 0.255 e. The highest BCUT2D eigenvalue weighted by Gasteiger charge is 2.58. The van der Waals surface area contributed by atoms with Gasteiger partial charge in [-0.15, -0.1) is 0 Å². The number of nitrogens with one attached hydrogen (secondary N) is 1. The Labute approximate surface area is 169 Å². The fourth-order valence-electron chi connectivity index (χ4n) is 4.56. The van der Waals surface area contributed by atoms with Crippen LogP contribution >= 0.6 is 0 Å². The first-order chi connectivity index (χ1) is 13.7. The van der Waals surface area contributed by atoms with Crippen molar-refractivity contribution in [1.29, 1.82) is 0 Å². The Balaban J connectivity index is 1.61. The Morgan fingerprint density at radius 1 is 1.38 bits per heavy atom. The molecule has 0 aromatic carbocycles. The van der Waals surface area contributed by atoms with Gasteiger partial charge in [0.15, 0.2) is 5.82 Å². The Morgan fingerprint density at radius 3 is 2.79 bits per heavy atom. The zero-order chi connectivity index (χ0) is 20.8. The van der Waals surface area contributed by atoms with Gasteiger partial charge in [-0.1, -0.05) is 5.16 Å². The second-order valence-corrected chi connectivity index (χ2v) is 10.1. The lowest BCUT2D eigenvalue weighted by atomic mass is 9.80. The van der Waals surface area contributed by atoms with E-state index < -0.39 is 15.4 Å². The number of aromatic nitrogens is 3. The standard InChI is InChI=1S/C19H25N5O4S/c1-4-29(26,27)23-16-7-15-10-24(17(25)14-6-5-12(2)20-9-14)11-19(15,8-16)18-21-13(3)22-28-18/h5-6,9,15-16,23H,4,7-8,10-11H2,1-3H3/t15-,16+,19-/m0/s1. The molecule has 0 spiro atoms. The van der Waals surface area contributed by atoms with Crippen molar-refractivity contribution >= 4 is 15.9 Å². The molecule has 1 saturated carbocycles. The minimum Gasteiger partial charge on any atom is -0.339 e. The van der Waals surface area contributed by atoms with Crippen molar-refractivity contribution in [3.63, 3.8) is 0 Å². The lowest BCUT2D eigenvalue weighted by Crippen LogP contribution is -2.40. The number of carbonyl (C=O) groups excluding carboxylic acids is 1. The number of rotatable bonds is 5. The molecule has 1 aliphatic heterocycles. The largest absolute Gasteiger partial charge is 0.339 e. The number of amides is 1. The van der Waals surface area contributed by atoms with Crippen LogP contribution in [0.5, 0.6) is 0 Å². The molecular weight excluding hydrogens is 394 g/mol. The molecule has 1 N–H and O–H groups in total. The summed E-state index contributed by atoms with van der Waals surface area (Å²) in [6.45, 7) is 6.17. The zero-order valence-corrected chi connectivity index (χ0v) is 17.6. The van der Waals surface area contributed by atoms with Crippen LogP contribution in [-0.4, -0.2) is 59.2 Å². The number of likely N-dealkylation sites (tertiary alicyclic amines) is 1. The van der Waals surface area contributed by atoms with Crippen molar-refractivity contribution in [1.82, 2.24) is 24.7 Å². The van der Waals surface area contributed by atoms with Crippen molar-refractivity contribution in [2.75, 3.05) is 18.8 Å². The maximum absolute atomic E-state index is 13.0. The molecule has 0 unspecified atom stereocenters. The Morgan fingerprint density at radius 2 is 2.17 bits per heavy atom. The van der Waals surface area contributed by atoms with Gasteiger partial charge in [-0.05, 0) is 51.7 Å². The molecule has 1 aliphatic carbocycles. The van der Waals surface area contributed by atoms with E-state index in [0.29, 0.717) is 43.2 Å². The summed E-state index contributed by atoms with van der Waals surface area (Å²) in [5.41, 5.74) is 0.843. The van der Waals surface area contributed by atoms with Gasteiger partial charge in [0.05, 0.1) is 16.7 Å². The van der Waals surface area contributed by atoms with Crippen molar-refractivity contribution < 1.29 is 17.7 Å². The fraction of sp³-hybridized carbons (Fsp3) is 0.579. The molecular formula is C19H25N5O4S. The van der Waals surface area contributed by atoms with E-state index in [4.69, 9.17) is 4.52 Å². The average molecular weight is 420 g/mol. The minimum absolute atomic E-state index is 0.0336. The van der Waals surface area contributed by atoms with Crippen molar-refractivity contribution in [3.05, 3.63) is 41.3 Å². The number of pyridine rings is 1. The van der Waals surface area contributed by atoms with E-state index in [0.717, 1.165) is 5.69 Å². The molecule has 0 bridgehead atoms. The second kappa shape index (κ2) is 7.17. The van der Waals surface area contributed by atoms with Gasteiger partial charge in [0.2, 0.25) is 15.9 Å². The van der Waals surface area contributed by atoms with Crippen molar-refractivity contribution in [2.45, 2.75) is 45.1 Å². The first kappa shape index (κ1) is 20.0. The molecule has 3 atom stereocenters. The molecule has 0 radical (unpaired) electrons. The summed E-state index contributed by atoms with van der Waals surface area (Å²) in [5.74, 6) is 0.988. The summed E-state index contributed by atoms with van der Waals surface area (Å²) in [4.78, 5) is 23.5. The van der Waals surface area contributed by atoms with Crippen LogP contribution in [0.4, 0.5) is 0 Å². The Bertz CT molecular complexity index is 1020. The molecule has 29 heavy (non-hydrogen) atoms. The average Bonchev–Trinajstić information content (AvgIpc) is 3.34. The molecule has 156 valence electrons. The van der Waals surface area contributed by atoms with Crippen LogP contribution in [0.15, 0.2) is 22.9 Å². The lowest BCUT2D eigenvalue weighted by molar-refractivity contribution is 0.0773. The summed E-state index contributed by atoms with van der Waals surface area (Å²) in [7, 11) is -3.32. The fourth-order valence-corrected chi connectivity index (χ4v) is 5.41. The van der Waals surface area contributed by atoms with Gasteiger partial charge in [0.1, 0.15) is 0 Å². The van der Waals surface area contributed by atoms with Gasteiger partial charge >= 0.3 is 0 Å². The molecule has 2 fully saturated rings. The van der Waals surface area contributed by atoms with Gasteiger partial charge in [-0.25, -0.2) is 13.1 Å². The minimum atomic E-state index is -3.32. The number of carbonyl (C=O) groups is 1. The first-order valence-corrected chi connectivity index (χ1v) is 11.4. The third-order valence-corrected chi connectivity index (χ3v) is 7.45. The summed E-state index contributed by atoms with van der Waals surface area (Å²) < 4.78 is 32.4. The monoisotopic (exact) mass is 419 g/mol.